The lowest BCUT2D eigenvalue weighted by molar-refractivity contribution is 0.220. The number of nitrogens with one attached hydrogen (secondary N) is 1. The van der Waals surface area contributed by atoms with Gasteiger partial charge in [0.15, 0.2) is 0 Å². The van der Waals surface area contributed by atoms with Gasteiger partial charge in [-0.1, -0.05) is 20.8 Å². The van der Waals surface area contributed by atoms with Crippen LogP contribution in [0, 0.1) is 5.41 Å². The first-order valence-electron chi connectivity index (χ1n) is 6.76. The molecule has 0 aliphatic heterocycles. The molecule has 2 rings (SSSR count). The molecule has 0 amide bonds. The second kappa shape index (κ2) is 6.24. The molecule has 0 spiro atoms. The highest BCUT2D eigenvalue weighted by molar-refractivity contribution is 7.18. The second-order valence-electron chi connectivity index (χ2n) is 5.62. The van der Waals surface area contributed by atoms with Gasteiger partial charge in [-0.2, -0.15) is 0 Å². The molecule has 0 fully saturated rings. The van der Waals surface area contributed by atoms with Crippen LogP contribution < -0.4 is 5.32 Å². The number of aliphatic hydroxyl groups excluding tert-OH is 1. The Bertz CT molecular complexity index is 597. The number of fused-ring (bicyclic) bond motifs is 1. The highest BCUT2D eigenvalue weighted by atomic mass is 35.5. The van der Waals surface area contributed by atoms with Gasteiger partial charge in [-0.25, -0.2) is 9.97 Å². The molecule has 0 atom stereocenters. The first-order chi connectivity index (χ1) is 9.45. The van der Waals surface area contributed by atoms with Crippen LogP contribution in [0.3, 0.4) is 0 Å². The lowest BCUT2D eigenvalue weighted by atomic mass is 9.90. The molecule has 2 N–H and O–H groups in total. The highest BCUT2D eigenvalue weighted by Crippen LogP contribution is 2.31. The molecular formula is C14H20ClN3OS. The third kappa shape index (κ3) is 3.59. The summed E-state index contributed by atoms with van der Waals surface area (Å²) in [6.07, 6.45) is 1.72. The molecule has 0 radical (unpaired) electrons. The van der Waals surface area contributed by atoms with Crippen molar-refractivity contribution >= 4 is 39.0 Å². The van der Waals surface area contributed by atoms with Crippen LogP contribution >= 0.6 is 22.9 Å². The molecule has 0 aliphatic carbocycles. The van der Waals surface area contributed by atoms with E-state index < -0.39 is 0 Å². The van der Waals surface area contributed by atoms with Crippen LogP contribution in [-0.2, 0) is 6.42 Å². The van der Waals surface area contributed by atoms with Crippen LogP contribution in [0.15, 0.2) is 6.07 Å². The van der Waals surface area contributed by atoms with Crippen molar-refractivity contribution in [2.45, 2.75) is 33.6 Å². The first-order valence-corrected chi connectivity index (χ1v) is 7.95. The number of hydrogen-bond donors (Lipinski definition) is 2. The normalized spacial score (nSPS) is 12.1. The van der Waals surface area contributed by atoms with E-state index in [1.807, 2.05) is 0 Å². The second-order valence-corrected chi connectivity index (χ2v) is 7.07. The SMILES string of the molecule is CCc1cc2c(NCC(C)(C)CCO)nc(Cl)nc2s1. The van der Waals surface area contributed by atoms with Gasteiger partial charge in [0.1, 0.15) is 10.6 Å². The van der Waals surface area contributed by atoms with Crippen molar-refractivity contribution in [1.82, 2.24) is 9.97 Å². The van der Waals surface area contributed by atoms with E-state index >= 15 is 0 Å². The predicted octanol–water partition coefficient (Wildman–Crippen LogP) is 3.73. The van der Waals surface area contributed by atoms with Gasteiger partial charge in [0.25, 0.3) is 0 Å². The lowest BCUT2D eigenvalue weighted by Gasteiger charge is -2.24. The minimum absolute atomic E-state index is 0.00209. The van der Waals surface area contributed by atoms with E-state index in [2.05, 4.69) is 42.1 Å². The largest absolute Gasteiger partial charge is 0.396 e. The van der Waals surface area contributed by atoms with Gasteiger partial charge in [-0.3, -0.25) is 0 Å². The maximum atomic E-state index is 9.08. The van der Waals surface area contributed by atoms with Crippen molar-refractivity contribution in [2.75, 3.05) is 18.5 Å². The molecule has 2 heterocycles. The molecule has 2 aromatic heterocycles. The number of nitrogens with zero attached hydrogens (tertiary/aromatic N) is 2. The Kier molecular flexibility index (Phi) is 4.83. The van der Waals surface area contributed by atoms with E-state index in [1.165, 1.54) is 4.88 Å². The van der Waals surface area contributed by atoms with Gasteiger partial charge < -0.3 is 10.4 Å². The Balaban J connectivity index is 2.26. The summed E-state index contributed by atoms with van der Waals surface area (Å²) in [6.45, 7) is 7.26. The maximum absolute atomic E-state index is 9.08. The average molecular weight is 314 g/mol. The van der Waals surface area contributed by atoms with Crippen LogP contribution in [0.4, 0.5) is 5.82 Å². The van der Waals surface area contributed by atoms with E-state index in [-0.39, 0.29) is 17.3 Å². The molecule has 4 nitrogen and oxygen atoms in total. The number of halogens is 1. The molecular weight excluding hydrogens is 294 g/mol. The Labute approximate surface area is 128 Å². The lowest BCUT2D eigenvalue weighted by Crippen LogP contribution is -2.24. The van der Waals surface area contributed by atoms with Crippen LogP contribution in [0.1, 0.15) is 32.1 Å². The smallest absolute Gasteiger partial charge is 0.225 e. The number of rotatable bonds is 6. The van der Waals surface area contributed by atoms with E-state index in [4.69, 9.17) is 16.7 Å². The molecule has 0 saturated carbocycles. The van der Waals surface area contributed by atoms with E-state index in [0.717, 1.165) is 35.4 Å². The molecule has 110 valence electrons. The molecule has 0 unspecified atom stereocenters. The minimum atomic E-state index is 0.00209. The molecule has 0 saturated heterocycles. The molecule has 0 aromatic carbocycles. The van der Waals surface area contributed by atoms with Gasteiger partial charge >= 0.3 is 0 Å². The first kappa shape index (κ1) is 15.5. The molecule has 2 aromatic rings. The number of hydrogen-bond acceptors (Lipinski definition) is 5. The van der Waals surface area contributed by atoms with Crippen LogP contribution in [0.2, 0.25) is 5.28 Å². The zero-order chi connectivity index (χ0) is 14.8. The highest BCUT2D eigenvalue weighted by Gasteiger charge is 2.18. The average Bonchev–Trinajstić information content (AvgIpc) is 2.78. The monoisotopic (exact) mass is 313 g/mol. The minimum Gasteiger partial charge on any atom is -0.396 e. The third-order valence-electron chi connectivity index (χ3n) is 3.29. The van der Waals surface area contributed by atoms with Gasteiger partial charge in [-0.05, 0) is 35.9 Å². The van der Waals surface area contributed by atoms with Crippen LogP contribution in [0.25, 0.3) is 10.2 Å². The number of aryl methyl sites for hydroxylation is 1. The van der Waals surface area contributed by atoms with Crippen molar-refractivity contribution in [1.29, 1.82) is 0 Å². The van der Waals surface area contributed by atoms with Crippen molar-refractivity contribution in [3.8, 4) is 0 Å². The van der Waals surface area contributed by atoms with Crippen molar-refractivity contribution in [3.63, 3.8) is 0 Å². The van der Waals surface area contributed by atoms with Crippen LogP contribution in [0.5, 0.6) is 0 Å². The predicted molar refractivity (Wildman–Crippen MR) is 85.8 cm³/mol. The quantitative estimate of drug-likeness (QED) is 0.798. The summed E-state index contributed by atoms with van der Waals surface area (Å²) in [5.41, 5.74) is 0.00209. The fourth-order valence-corrected chi connectivity index (χ4v) is 3.15. The van der Waals surface area contributed by atoms with Gasteiger partial charge in [0, 0.05) is 18.0 Å². The number of aliphatic hydroxyl groups is 1. The standard InChI is InChI=1S/C14H20ClN3OS/c1-4-9-7-10-11(16-8-14(2,3)5-6-19)17-13(15)18-12(10)20-9/h7,19H,4-6,8H2,1-3H3,(H,16,17,18). The summed E-state index contributed by atoms with van der Waals surface area (Å²) in [7, 11) is 0. The maximum Gasteiger partial charge on any atom is 0.225 e. The summed E-state index contributed by atoms with van der Waals surface area (Å²) in [5.74, 6) is 0.780. The molecule has 6 heteroatoms. The zero-order valence-electron chi connectivity index (χ0n) is 12.0. The third-order valence-corrected chi connectivity index (χ3v) is 4.63. The fourth-order valence-electron chi connectivity index (χ4n) is 1.97. The van der Waals surface area contributed by atoms with Gasteiger partial charge in [-0.15, -0.1) is 11.3 Å². The Morgan fingerprint density at radius 1 is 1.40 bits per heavy atom. The summed E-state index contributed by atoms with van der Waals surface area (Å²) < 4.78 is 0. The zero-order valence-corrected chi connectivity index (χ0v) is 13.6. The van der Waals surface area contributed by atoms with E-state index in [1.54, 1.807) is 11.3 Å². The Hall–Kier alpha value is -0.910. The Morgan fingerprint density at radius 2 is 2.15 bits per heavy atom. The van der Waals surface area contributed by atoms with Crippen molar-refractivity contribution < 1.29 is 5.11 Å². The summed E-state index contributed by atoms with van der Waals surface area (Å²) in [5, 5.41) is 13.7. The van der Waals surface area contributed by atoms with Gasteiger partial charge in [0.2, 0.25) is 5.28 Å². The van der Waals surface area contributed by atoms with E-state index in [0.29, 0.717) is 0 Å². The fraction of sp³-hybridized carbons (Fsp3) is 0.571. The topological polar surface area (TPSA) is 58.0 Å². The number of thiophene rings is 1. The molecule has 0 aliphatic rings. The van der Waals surface area contributed by atoms with Crippen LogP contribution in [-0.4, -0.2) is 28.2 Å². The number of aromatic nitrogens is 2. The Morgan fingerprint density at radius 3 is 2.80 bits per heavy atom. The van der Waals surface area contributed by atoms with Crippen molar-refractivity contribution in [3.05, 3.63) is 16.2 Å². The summed E-state index contributed by atoms with van der Waals surface area (Å²) in [4.78, 5) is 10.8. The molecule has 20 heavy (non-hydrogen) atoms. The summed E-state index contributed by atoms with van der Waals surface area (Å²) >= 11 is 7.65. The summed E-state index contributed by atoms with van der Waals surface area (Å²) in [6, 6.07) is 2.12. The van der Waals surface area contributed by atoms with E-state index in [9.17, 15) is 0 Å². The number of anilines is 1. The van der Waals surface area contributed by atoms with Crippen molar-refractivity contribution in [2.24, 2.45) is 5.41 Å². The molecule has 0 bridgehead atoms. The van der Waals surface area contributed by atoms with Gasteiger partial charge in [0.05, 0.1) is 5.39 Å².